The lowest BCUT2D eigenvalue weighted by Crippen LogP contribution is -2.40. The zero-order chi connectivity index (χ0) is 18.0. The summed E-state index contributed by atoms with van der Waals surface area (Å²) in [5, 5.41) is 3.46. The predicted molar refractivity (Wildman–Crippen MR) is 104 cm³/mol. The van der Waals surface area contributed by atoms with Crippen LogP contribution in [0, 0.1) is 16.7 Å². The van der Waals surface area contributed by atoms with Crippen LogP contribution in [0.15, 0.2) is 35.3 Å². The molecule has 1 amide bonds. The van der Waals surface area contributed by atoms with Gasteiger partial charge in [-0.2, -0.15) is 0 Å². The fourth-order valence-electron chi connectivity index (χ4n) is 7.28. The Hall–Kier alpha value is -1.48. The molecule has 6 rings (SSSR count). The second kappa shape index (κ2) is 5.51. The molecule has 4 saturated carbocycles. The van der Waals surface area contributed by atoms with Gasteiger partial charge in [0.25, 0.3) is 5.91 Å². The van der Waals surface area contributed by atoms with Crippen LogP contribution in [0.5, 0.6) is 0 Å². The fraction of sp³-hybridized carbons (Fsp3) is 0.652. The van der Waals surface area contributed by atoms with Crippen molar-refractivity contribution in [2.75, 3.05) is 6.54 Å². The monoisotopic (exact) mass is 350 g/mol. The summed E-state index contributed by atoms with van der Waals surface area (Å²) >= 11 is 0. The number of carbonyl (C=O) groups is 1. The van der Waals surface area contributed by atoms with E-state index < -0.39 is 0 Å². The van der Waals surface area contributed by atoms with Crippen LogP contribution >= 0.6 is 0 Å². The Bertz CT molecular complexity index is 772. The molecule has 3 nitrogen and oxygen atoms in total. The van der Waals surface area contributed by atoms with Crippen LogP contribution in [-0.2, 0) is 10.2 Å². The van der Waals surface area contributed by atoms with E-state index >= 15 is 0 Å². The van der Waals surface area contributed by atoms with E-state index in [-0.39, 0.29) is 22.2 Å². The van der Waals surface area contributed by atoms with E-state index in [0.717, 1.165) is 44.4 Å². The zero-order valence-electron chi connectivity index (χ0n) is 16.1. The van der Waals surface area contributed by atoms with Crippen LogP contribution in [-0.4, -0.2) is 24.2 Å². The largest absolute Gasteiger partial charge is 0.314 e. The van der Waals surface area contributed by atoms with Gasteiger partial charge in [0.1, 0.15) is 0 Å². The van der Waals surface area contributed by atoms with Crippen LogP contribution in [0.2, 0.25) is 0 Å². The molecule has 3 heteroatoms. The summed E-state index contributed by atoms with van der Waals surface area (Å²) in [7, 11) is 0. The van der Waals surface area contributed by atoms with Gasteiger partial charge in [-0.25, -0.2) is 4.99 Å². The van der Waals surface area contributed by atoms with Gasteiger partial charge in [-0.1, -0.05) is 37.3 Å². The Balaban J connectivity index is 1.51. The van der Waals surface area contributed by atoms with E-state index in [1.165, 1.54) is 18.4 Å². The third kappa shape index (κ3) is 2.22. The average Bonchev–Trinajstić information content (AvgIpc) is 2.93. The third-order valence-corrected chi connectivity index (χ3v) is 8.08. The van der Waals surface area contributed by atoms with Gasteiger partial charge in [-0.3, -0.25) is 4.79 Å². The van der Waals surface area contributed by atoms with E-state index in [2.05, 4.69) is 49.5 Å². The molecule has 0 aromatic heterocycles. The lowest BCUT2D eigenvalue weighted by Gasteiger charge is -2.40. The summed E-state index contributed by atoms with van der Waals surface area (Å²) in [6, 6.07) is 11.4. The van der Waals surface area contributed by atoms with Crippen LogP contribution in [0.25, 0.3) is 0 Å². The lowest BCUT2D eigenvalue weighted by molar-refractivity contribution is -0.131. The number of carbonyl (C=O) groups excluding carboxylic acids is 1. The molecule has 1 aromatic carbocycles. The molecular weight excluding hydrogens is 320 g/mol. The van der Waals surface area contributed by atoms with Crippen molar-refractivity contribution in [2.45, 2.75) is 70.3 Å². The van der Waals surface area contributed by atoms with Crippen molar-refractivity contribution in [3.05, 3.63) is 35.9 Å². The summed E-state index contributed by atoms with van der Waals surface area (Å²) < 4.78 is 0. The minimum Gasteiger partial charge on any atom is -0.314 e. The van der Waals surface area contributed by atoms with Crippen molar-refractivity contribution in [3.63, 3.8) is 0 Å². The third-order valence-electron chi connectivity index (χ3n) is 8.08. The van der Waals surface area contributed by atoms with Crippen molar-refractivity contribution < 1.29 is 4.79 Å². The minimum atomic E-state index is -0.215. The number of nitrogens with zero attached hydrogens (tertiary/aromatic N) is 1. The Kier molecular flexibility index (Phi) is 3.54. The summed E-state index contributed by atoms with van der Waals surface area (Å²) in [6.07, 6.45) is 7.58. The van der Waals surface area contributed by atoms with E-state index in [4.69, 9.17) is 4.99 Å². The van der Waals surface area contributed by atoms with E-state index in [0.29, 0.717) is 12.0 Å². The second-order valence-corrected chi connectivity index (χ2v) is 9.91. The molecule has 0 spiro atoms. The highest BCUT2D eigenvalue weighted by Gasteiger charge is 2.72. The molecule has 138 valence electrons. The van der Waals surface area contributed by atoms with Gasteiger partial charge in [0, 0.05) is 24.7 Å². The summed E-state index contributed by atoms with van der Waals surface area (Å²) in [4.78, 5) is 18.3. The van der Waals surface area contributed by atoms with Crippen LogP contribution in [0.1, 0.15) is 64.4 Å². The van der Waals surface area contributed by atoms with Crippen molar-refractivity contribution >= 4 is 11.6 Å². The Morgan fingerprint density at radius 3 is 2.73 bits per heavy atom. The molecule has 4 unspecified atom stereocenters. The first-order valence-electron chi connectivity index (χ1n) is 10.3. The number of hydrogen-bond acceptors (Lipinski definition) is 2. The van der Waals surface area contributed by atoms with Gasteiger partial charge >= 0.3 is 0 Å². The molecule has 5 atom stereocenters. The van der Waals surface area contributed by atoms with Gasteiger partial charge in [-0.15, -0.1) is 0 Å². The molecule has 4 bridgehead atoms. The van der Waals surface area contributed by atoms with Crippen molar-refractivity contribution in [1.82, 2.24) is 5.32 Å². The molecular formula is C23H30N2O. The Labute approximate surface area is 156 Å². The van der Waals surface area contributed by atoms with Crippen molar-refractivity contribution in [2.24, 2.45) is 21.7 Å². The van der Waals surface area contributed by atoms with Crippen LogP contribution < -0.4 is 5.32 Å². The van der Waals surface area contributed by atoms with E-state index in [1.807, 2.05) is 0 Å². The molecule has 1 aromatic rings. The van der Waals surface area contributed by atoms with Gasteiger partial charge in [0.2, 0.25) is 0 Å². The van der Waals surface area contributed by atoms with Crippen LogP contribution in [0.4, 0.5) is 0 Å². The molecule has 1 aliphatic heterocycles. The number of aliphatic imine (C=N–C) groups is 1. The van der Waals surface area contributed by atoms with E-state index in [1.54, 1.807) is 0 Å². The van der Waals surface area contributed by atoms with Gasteiger partial charge in [0.15, 0.2) is 0 Å². The summed E-state index contributed by atoms with van der Waals surface area (Å²) in [6.45, 7) is 5.53. The number of piperidine rings is 1. The normalized spacial score (nSPS) is 45.4. The maximum Gasteiger partial charge on any atom is 0.252 e. The highest BCUT2D eigenvalue weighted by molar-refractivity contribution is 5.99. The number of hydrogen-bond donors (Lipinski definition) is 1. The number of nitrogens with one attached hydrogen (secondary N) is 1. The first kappa shape index (κ1) is 16.7. The fourth-order valence-corrected chi connectivity index (χ4v) is 7.28. The van der Waals surface area contributed by atoms with Crippen molar-refractivity contribution in [1.29, 1.82) is 0 Å². The summed E-state index contributed by atoms with van der Waals surface area (Å²) in [5.41, 5.74) is 2.69. The molecule has 1 heterocycles. The summed E-state index contributed by atoms with van der Waals surface area (Å²) in [5.74, 6) is 0.905. The molecule has 4 aliphatic carbocycles. The standard InChI is InChI=1S/C23H30N2O/c1-16-10-19(8-9-24-16)25-20(26)23-13-17-11-21(23,2)14-22(12-17,15-23)18-6-4-3-5-7-18/h3-7,16-17,24H,8-15H2,1-2H3/t16-,17?,21?,22?,23?/m0/s1. The highest BCUT2D eigenvalue weighted by Crippen LogP contribution is 2.76. The molecule has 0 radical (unpaired) electrons. The maximum atomic E-state index is 13.6. The first-order valence-corrected chi connectivity index (χ1v) is 10.3. The van der Waals surface area contributed by atoms with Gasteiger partial charge in [-0.05, 0) is 67.8 Å². The predicted octanol–water partition coefficient (Wildman–Crippen LogP) is 4.26. The molecule has 5 aliphatic rings. The quantitative estimate of drug-likeness (QED) is 0.866. The molecule has 26 heavy (non-hydrogen) atoms. The second-order valence-electron chi connectivity index (χ2n) is 9.91. The smallest absolute Gasteiger partial charge is 0.252 e. The number of benzene rings is 1. The number of rotatable bonds is 2. The Morgan fingerprint density at radius 2 is 1.96 bits per heavy atom. The van der Waals surface area contributed by atoms with E-state index in [9.17, 15) is 4.79 Å². The molecule has 5 fully saturated rings. The highest BCUT2D eigenvalue weighted by atomic mass is 16.1. The lowest BCUT2D eigenvalue weighted by atomic mass is 9.63. The molecule has 1 saturated heterocycles. The average molecular weight is 351 g/mol. The van der Waals surface area contributed by atoms with Crippen LogP contribution in [0.3, 0.4) is 0 Å². The number of amides is 1. The topological polar surface area (TPSA) is 41.5 Å². The molecule has 1 N–H and O–H groups in total. The van der Waals surface area contributed by atoms with Gasteiger partial charge < -0.3 is 5.32 Å². The van der Waals surface area contributed by atoms with Crippen molar-refractivity contribution in [3.8, 4) is 0 Å². The minimum absolute atomic E-state index is 0.130. The van der Waals surface area contributed by atoms with Gasteiger partial charge in [0.05, 0.1) is 5.41 Å². The SMILES string of the molecule is C[C@H]1CC(=NC(=O)C23CC4CC(c5ccccc5)(CC2(C)C4)C3)CCN1. The first-order chi connectivity index (χ1) is 12.4. The Morgan fingerprint density at radius 1 is 1.15 bits per heavy atom. The maximum absolute atomic E-state index is 13.6. The zero-order valence-corrected chi connectivity index (χ0v) is 16.1.